The van der Waals surface area contributed by atoms with Crippen LogP contribution in [0.4, 0.5) is 4.79 Å². The summed E-state index contributed by atoms with van der Waals surface area (Å²) in [4.78, 5) is 23.1. The predicted octanol–water partition coefficient (Wildman–Crippen LogP) is 1.51. The van der Waals surface area contributed by atoms with E-state index in [1.54, 1.807) is 20.8 Å². The first-order valence-corrected chi connectivity index (χ1v) is 6.93. The molecule has 128 valence electrons. The molecule has 0 aliphatic rings. The topological polar surface area (TPSA) is 128 Å². The number of hydrogen-bond acceptors (Lipinski definition) is 6. The number of hydrogen-bond donors (Lipinski definition) is 5. The molecule has 0 aliphatic heterocycles. The van der Waals surface area contributed by atoms with Crippen LogP contribution in [0.2, 0.25) is 0 Å². The molecule has 1 aromatic carbocycles. The average Bonchev–Trinajstić information content (AvgIpc) is 2.39. The molecular weight excluding hydrogens is 304 g/mol. The summed E-state index contributed by atoms with van der Waals surface area (Å²) in [7, 11) is 0. The molecule has 0 heterocycles. The van der Waals surface area contributed by atoms with Crippen molar-refractivity contribution in [3.05, 3.63) is 23.8 Å². The Balaban J connectivity index is 2.81. The van der Waals surface area contributed by atoms with Crippen molar-refractivity contribution in [1.29, 1.82) is 0 Å². The van der Waals surface area contributed by atoms with Crippen molar-refractivity contribution in [3.63, 3.8) is 0 Å². The molecule has 0 fully saturated rings. The molecule has 1 rings (SSSR count). The Morgan fingerprint density at radius 3 is 2.22 bits per heavy atom. The van der Waals surface area contributed by atoms with E-state index in [4.69, 9.17) is 4.74 Å². The lowest BCUT2D eigenvalue weighted by atomic mass is 9.93. The molecule has 23 heavy (non-hydrogen) atoms. The number of carbonyl (C=O) groups excluding carboxylic acids is 1. The Bertz CT molecular complexity index is 596. The van der Waals surface area contributed by atoms with Gasteiger partial charge in [0.2, 0.25) is 0 Å². The van der Waals surface area contributed by atoms with Crippen LogP contribution in [0.3, 0.4) is 0 Å². The largest absolute Gasteiger partial charge is 0.504 e. The van der Waals surface area contributed by atoms with Crippen molar-refractivity contribution in [2.24, 2.45) is 0 Å². The van der Waals surface area contributed by atoms with Crippen LogP contribution in [0.1, 0.15) is 33.3 Å². The molecular formula is C15H22N2O6. The third-order valence-corrected chi connectivity index (χ3v) is 2.91. The minimum atomic E-state index is -1.54. The molecule has 0 radical (unpaired) electrons. The molecule has 8 nitrogen and oxygen atoms in total. The molecule has 0 bridgehead atoms. The number of phenols is 2. The molecule has 0 unspecified atom stereocenters. The number of aliphatic carboxylic acids is 1. The Kier molecular flexibility index (Phi) is 5.44. The van der Waals surface area contributed by atoms with Gasteiger partial charge < -0.3 is 20.1 Å². The molecule has 0 aliphatic carbocycles. The van der Waals surface area contributed by atoms with Crippen molar-refractivity contribution in [2.75, 3.05) is 0 Å². The highest BCUT2D eigenvalue weighted by molar-refractivity contribution is 5.79. The van der Waals surface area contributed by atoms with Crippen LogP contribution in [0, 0.1) is 0 Å². The second-order valence-electron chi connectivity index (χ2n) is 6.39. The van der Waals surface area contributed by atoms with Crippen molar-refractivity contribution < 1.29 is 29.6 Å². The predicted molar refractivity (Wildman–Crippen MR) is 82.0 cm³/mol. The van der Waals surface area contributed by atoms with E-state index in [1.807, 2.05) is 0 Å². The molecule has 0 aromatic heterocycles. The van der Waals surface area contributed by atoms with Gasteiger partial charge in [0.1, 0.15) is 11.1 Å². The lowest BCUT2D eigenvalue weighted by Crippen LogP contribution is -2.59. The van der Waals surface area contributed by atoms with Gasteiger partial charge in [-0.2, -0.15) is 0 Å². The number of phenolic OH excluding ortho intramolecular Hbond substituents is 2. The van der Waals surface area contributed by atoms with Gasteiger partial charge in [-0.15, -0.1) is 0 Å². The maximum atomic E-state index is 11.6. The molecule has 0 saturated heterocycles. The molecule has 1 amide bonds. The van der Waals surface area contributed by atoms with Crippen molar-refractivity contribution in [3.8, 4) is 11.5 Å². The highest BCUT2D eigenvalue weighted by atomic mass is 16.6. The number of aromatic hydroxyl groups is 2. The fraction of sp³-hybridized carbons (Fsp3) is 0.467. The van der Waals surface area contributed by atoms with Crippen LogP contribution < -0.4 is 10.9 Å². The first-order valence-electron chi connectivity index (χ1n) is 6.93. The fourth-order valence-electron chi connectivity index (χ4n) is 1.75. The van der Waals surface area contributed by atoms with Crippen LogP contribution in [0.5, 0.6) is 11.5 Å². The molecule has 1 aromatic rings. The number of hydrazine groups is 1. The maximum Gasteiger partial charge on any atom is 0.422 e. The van der Waals surface area contributed by atoms with Crippen molar-refractivity contribution >= 4 is 12.1 Å². The summed E-state index contributed by atoms with van der Waals surface area (Å²) in [6.07, 6.45) is -0.857. The van der Waals surface area contributed by atoms with Gasteiger partial charge in [0.15, 0.2) is 11.5 Å². The number of carbonyl (C=O) groups is 2. The third kappa shape index (κ3) is 5.67. The van der Waals surface area contributed by atoms with Crippen LogP contribution in [0.25, 0.3) is 0 Å². The van der Waals surface area contributed by atoms with Crippen LogP contribution in [0.15, 0.2) is 18.2 Å². The number of ether oxygens (including phenoxy) is 1. The number of amides is 1. The second-order valence-corrected chi connectivity index (χ2v) is 6.39. The zero-order chi connectivity index (χ0) is 17.8. The van der Waals surface area contributed by atoms with Gasteiger partial charge in [0.05, 0.1) is 0 Å². The van der Waals surface area contributed by atoms with Gasteiger partial charge in [-0.3, -0.25) is 10.2 Å². The summed E-state index contributed by atoms with van der Waals surface area (Å²) in [5.41, 5.74) is 2.84. The Morgan fingerprint density at radius 2 is 1.74 bits per heavy atom. The molecule has 8 heteroatoms. The van der Waals surface area contributed by atoms with Gasteiger partial charge in [-0.25, -0.2) is 10.2 Å². The van der Waals surface area contributed by atoms with Gasteiger partial charge in [-0.1, -0.05) is 6.07 Å². The normalized spacial score (nSPS) is 13.9. The summed E-state index contributed by atoms with van der Waals surface area (Å²) in [5.74, 6) is -1.86. The molecule has 1 atom stereocenters. The number of carboxylic acids is 1. The monoisotopic (exact) mass is 326 g/mol. The van der Waals surface area contributed by atoms with E-state index in [-0.39, 0.29) is 17.9 Å². The minimum absolute atomic E-state index is 0.0496. The third-order valence-electron chi connectivity index (χ3n) is 2.91. The number of carboxylic acid groups (broad SMARTS) is 1. The van der Waals surface area contributed by atoms with Crippen molar-refractivity contribution in [1.82, 2.24) is 10.9 Å². The Hall–Kier alpha value is -2.48. The van der Waals surface area contributed by atoms with Gasteiger partial charge in [-0.05, 0) is 45.4 Å². The zero-order valence-corrected chi connectivity index (χ0v) is 13.5. The lowest BCUT2D eigenvalue weighted by Gasteiger charge is -2.28. The second kappa shape index (κ2) is 6.74. The maximum absolute atomic E-state index is 11.6. The molecule has 5 N–H and O–H groups in total. The smallest absolute Gasteiger partial charge is 0.422 e. The van der Waals surface area contributed by atoms with E-state index in [9.17, 15) is 24.9 Å². The van der Waals surface area contributed by atoms with E-state index in [0.29, 0.717) is 5.56 Å². The van der Waals surface area contributed by atoms with Crippen LogP contribution in [-0.2, 0) is 16.0 Å². The highest BCUT2D eigenvalue weighted by Crippen LogP contribution is 2.26. The first-order chi connectivity index (χ1) is 10.4. The summed E-state index contributed by atoms with van der Waals surface area (Å²) < 4.78 is 5.02. The van der Waals surface area contributed by atoms with E-state index >= 15 is 0 Å². The zero-order valence-electron chi connectivity index (χ0n) is 13.5. The van der Waals surface area contributed by atoms with Gasteiger partial charge in [0, 0.05) is 6.42 Å². The molecule has 0 saturated carbocycles. The van der Waals surface area contributed by atoms with Crippen LogP contribution in [-0.4, -0.2) is 38.5 Å². The number of rotatable bonds is 5. The molecule has 0 spiro atoms. The highest BCUT2D eigenvalue weighted by Gasteiger charge is 2.34. The van der Waals surface area contributed by atoms with Crippen molar-refractivity contribution in [2.45, 2.75) is 45.3 Å². The lowest BCUT2D eigenvalue weighted by molar-refractivity contribution is -0.144. The average molecular weight is 326 g/mol. The number of benzene rings is 1. The summed E-state index contributed by atoms with van der Waals surface area (Å²) in [5, 5.41) is 28.2. The first kappa shape index (κ1) is 18.6. The SMILES string of the molecule is CC(C)(C)OC(=O)NN[C@@](C)(Cc1ccc(O)c(O)c1)C(=O)O. The van der Waals surface area contributed by atoms with E-state index in [0.717, 1.165) is 0 Å². The van der Waals surface area contributed by atoms with E-state index in [1.165, 1.54) is 25.1 Å². The summed E-state index contributed by atoms with van der Waals surface area (Å²) in [6, 6.07) is 3.99. The van der Waals surface area contributed by atoms with E-state index in [2.05, 4.69) is 10.9 Å². The number of nitrogens with one attached hydrogen (secondary N) is 2. The van der Waals surface area contributed by atoms with E-state index < -0.39 is 23.2 Å². The summed E-state index contributed by atoms with van der Waals surface area (Å²) >= 11 is 0. The van der Waals surface area contributed by atoms with Gasteiger partial charge in [0.25, 0.3) is 0 Å². The summed E-state index contributed by atoms with van der Waals surface area (Å²) in [6.45, 7) is 6.42. The minimum Gasteiger partial charge on any atom is -0.504 e. The quantitative estimate of drug-likeness (QED) is 0.410. The van der Waals surface area contributed by atoms with Gasteiger partial charge >= 0.3 is 12.1 Å². The fourth-order valence-corrected chi connectivity index (χ4v) is 1.75. The standard InChI is InChI=1S/C15H22N2O6/c1-14(2,3)23-13(22)16-17-15(4,12(20)21)8-9-5-6-10(18)11(19)7-9/h5-7,17-19H,8H2,1-4H3,(H,16,22)(H,20,21)/t15-/m0/s1. The Morgan fingerprint density at radius 1 is 1.13 bits per heavy atom. The Labute approximate surface area is 134 Å². The van der Waals surface area contributed by atoms with Crippen LogP contribution >= 0.6 is 0 Å².